The van der Waals surface area contributed by atoms with Gasteiger partial charge in [0.15, 0.2) is 0 Å². The molecule has 0 bridgehead atoms. The Morgan fingerprint density at radius 2 is 1.52 bits per heavy atom. The van der Waals surface area contributed by atoms with E-state index in [1.165, 1.54) is 5.56 Å². The molecule has 3 heteroatoms. The van der Waals surface area contributed by atoms with Crippen molar-refractivity contribution >= 4 is 5.91 Å². The van der Waals surface area contributed by atoms with E-state index in [2.05, 4.69) is 24.0 Å². The first-order valence-corrected chi connectivity index (χ1v) is 7.87. The van der Waals surface area contributed by atoms with Gasteiger partial charge in [-0.25, -0.2) is 5.48 Å². The third-order valence-electron chi connectivity index (χ3n) is 3.57. The third-order valence-corrected chi connectivity index (χ3v) is 3.57. The molecule has 1 amide bonds. The van der Waals surface area contributed by atoms with Gasteiger partial charge in [-0.15, -0.1) is 0 Å². The van der Waals surface area contributed by atoms with E-state index in [0.717, 1.165) is 36.8 Å². The SMILES string of the molecule is O=C(CCCCCc1ccc(C#Cc2ccccc2)cc1)NO. The van der Waals surface area contributed by atoms with E-state index < -0.39 is 0 Å². The molecular weight excluding hydrogens is 286 g/mol. The molecular formula is C20H21NO2. The maximum atomic E-state index is 10.9. The van der Waals surface area contributed by atoms with Gasteiger partial charge in [-0.05, 0) is 49.1 Å². The molecule has 0 aliphatic heterocycles. The molecule has 0 atom stereocenters. The fraction of sp³-hybridized carbons (Fsp3) is 0.250. The van der Waals surface area contributed by atoms with Crippen molar-refractivity contribution in [3.05, 3.63) is 71.3 Å². The Hall–Kier alpha value is -2.57. The zero-order valence-electron chi connectivity index (χ0n) is 13.1. The molecule has 0 aliphatic rings. The Kier molecular flexibility index (Phi) is 6.90. The molecule has 0 spiro atoms. The first kappa shape index (κ1) is 16.8. The van der Waals surface area contributed by atoms with Crippen LogP contribution in [0.5, 0.6) is 0 Å². The molecule has 0 fully saturated rings. The van der Waals surface area contributed by atoms with Gasteiger partial charge in [-0.2, -0.15) is 0 Å². The molecule has 0 radical (unpaired) electrons. The summed E-state index contributed by atoms with van der Waals surface area (Å²) in [5, 5.41) is 8.40. The van der Waals surface area contributed by atoms with Crippen LogP contribution in [0.2, 0.25) is 0 Å². The van der Waals surface area contributed by atoms with Gasteiger partial charge in [-0.1, -0.05) is 48.6 Å². The average Bonchev–Trinajstić information content (AvgIpc) is 2.61. The third kappa shape index (κ3) is 6.37. The molecule has 2 N–H and O–H groups in total. The fourth-order valence-corrected chi connectivity index (χ4v) is 2.27. The fourth-order valence-electron chi connectivity index (χ4n) is 2.27. The van der Waals surface area contributed by atoms with Gasteiger partial charge in [-0.3, -0.25) is 10.0 Å². The molecule has 0 aliphatic carbocycles. The van der Waals surface area contributed by atoms with Crippen LogP contribution in [0.4, 0.5) is 0 Å². The van der Waals surface area contributed by atoms with Crippen LogP contribution in [-0.2, 0) is 11.2 Å². The zero-order valence-corrected chi connectivity index (χ0v) is 13.1. The first-order valence-electron chi connectivity index (χ1n) is 7.87. The number of benzene rings is 2. The number of hydroxylamine groups is 1. The minimum atomic E-state index is -0.314. The van der Waals surface area contributed by atoms with Crippen molar-refractivity contribution in [2.45, 2.75) is 32.1 Å². The highest BCUT2D eigenvalue weighted by atomic mass is 16.5. The van der Waals surface area contributed by atoms with E-state index in [1.54, 1.807) is 5.48 Å². The molecule has 23 heavy (non-hydrogen) atoms. The standard InChI is InChI=1S/C20H21NO2/c22-20(21-23)10-6-2-5-9-18-12-15-19(16-13-18)14-11-17-7-3-1-4-8-17/h1,3-4,7-8,12-13,15-16,23H,2,5-6,9-10H2,(H,21,22). The van der Waals surface area contributed by atoms with Crippen LogP contribution in [0.25, 0.3) is 0 Å². The minimum absolute atomic E-state index is 0.314. The number of carbonyl (C=O) groups excluding carboxylic acids is 1. The minimum Gasteiger partial charge on any atom is -0.289 e. The number of carbonyl (C=O) groups is 1. The van der Waals surface area contributed by atoms with E-state index in [4.69, 9.17) is 5.21 Å². The number of hydrogen-bond acceptors (Lipinski definition) is 2. The van der Waals surface area contributed by atoms with E-state index in [1.807, 2.05) is 42.5 Å². The lowest BCUT2D eigenvalue weighted by atomic mass is 10.0. The molecule has 2 aromatic rings. The van der Waals surface area contributed by atoms with Gasteiger partial charge >= 0.3 is 0 Å². The predicted octanol–water partition coefficient (Wildman–Crippen LogP) is 3.69. The van der Waals surface area contributed by atoms with Crippen molar-refractivity contribution < 1.29 is 10.0 Å². The summed E-state index contributed by atoms with van der Waals surface area (Å²) in [6.07, 6.45) is 4.18. The van der Waals surface area contributed by atoms with E-state index >= 15 is 0 Å². The summed E-state index contributed by atoms with van der Waals surface area (Å²) in [7, 11) is 0. The second kappa shape index (κ2) is 9.45. The predicted molar refractivity (Wildman–Crippen MR) is 91.0 cm³/mol. The summed E-state index contributed by atoms with van der Waals surface area (Å²) in [5.41, 5.74) is 4.96. The van der Waals surface area contributed by atoms with Gasteiger partial charge < -0.3 is 0 Å². The molecule has 0 unspecified atom stereocenters. The van der Waals surface area contributed by atoms with E-state index in [9.17, 15) is 4.79 Å². The summed E-state index contributed by atoms with van der Waals surface area (Å²) < 4.78 is 0. The van der Waals surface area contributed by atoms with E-state index in [-0.39, 0.29) is 5.91 Å². The quantitative estimate of drug-likeness (QED) is 0.370. The van der Waals surface area contributed by atoms with Crippen molar-refractivity contribution in [2.75, 3.05) is 0 Å². The number of nitrogens with one attached hydrogen (secondary N) is 1. The Bertz CT molecular complexity index is 666. The second-order valence-electron chi connectivity index (χ2n) is 5.41. The first-order chi connectivity index (χ1) is 11.3. The largest absolute Gasteiger partial charge is 0.289 e. The summed E-state index contributed by atoms with van der Waals surface area (Å²) in [4.78, 5) is 10.9. The Labute approximate surface area is 137 Å². The summed E-state index contributed by atoms with van der Waals surface area (Å²) in [6, 6.07) is 18.3. The summed E-state index contributed by atoms with van der Waals surface area (Å²) in [6.45, 7) is 0. The van der Waals surface area contributed by atoms with Crippen LogP contribution in [0.3, 0.4) is 0 Å². The van der Waals surface area contributed by atoms with Gasteiger partial charge in [0, 0.05) is 17.5 Å². The maximum absolute atomic E-state index is 10.9. The zero-order chi connectivity index (χ0) is 16.3. The van der Waals surface area contributed by atoms with E-state index in [0.29, 0.717) is 6.42 Å². The molecule has 0 aromatic heterocycles. The van der Waals surface area contributed by atoms with Crippen LogP contribution in [0, 0.1) is 11.8 Å². The molecule has 0 saturated carbocycles. The number of aryl methyl sites for hydroxylation is 1. The van der Waals surface area contributed by atoms with Crippen molar-refractivity contribution in [1.82, 2.24) is 5.48 Å². The Balaban J connectivity index is 1.77. The lowest BCUT2D eigenvalue weighted by Gasteiger charge is -2.02. The second-order valence-corrected chi connectivity index (χ2v) is 5.41. The normalized spacial score (nSPS) is 9.78. The lowest BCUT2D eigenvalue weighted by molar-refractivity contribution is -0.129. The maximum Gasteiger partial charge on any atom is 0.243 e. The Morgan fingerprint density at radius 1 is 0.870 bits per heavy atom. The van der Waals surface area contributed by atoms with Gasteiger partial charge in [0.1, 0.15) is 0 Å². The number of hydrogen-bond donors (Lipinski definition) is 2. The van der Waals surface area contributed by atoms with Crippen LogP contribution in [0.15, 0.2) is 54.6 Å². The van der Waals surface area contributed by atoms with Crippen molar-refractivity contribution in [2.24, 2.45) is 0 Å². The van der Waals surface area contributed by atoms with Crippen molar-refractivity contribution in [3.8, 4) is 11.8 Å². The van der Waals surface area contributed by atoms with Crippen LogP contribution in [0.1, 0.15) is 42.4 Å². The van der Waals surface area contributed by atoms with Crippen LogP contribution in [-0.4, -0.2) is 11.1 Å². The van der Waals surface area contributed by atoms with Crippen molar-refractivity contribution in [1.29, 1.82) is 0 Å². The number of amides is 1. The molecule has 0 saturated heterocycles. The smallest absolute Gasteiger partial charge is 0.243 e. The summed E-state index contributed by atoms with van der Waals surface area (Å²) in [5.74, 6) is 6.00. The van der Waals surface area contributed by atoms with Gasteiger partial charge in [0.2, 0.25) is 5.91 Å². The summed E-state index contributed by atoms with van der Waals surface area (Å²) >= 11 is 0. The van der Waals surface area contributed by atoms with Crippen LogP contribution < -0.4 is 5.48 Å². The number of rotatable bonds is 6. The topological polar surface area (TPSA) is 49.3 Å². The van der Waals surface area contributed by atoms with Gasteiger partial charge in [0.05, 0.1) is 0 Å². The molecule has 0 heterocycles. The highest BCUT2D eigenvalue weighted by Gasteiger charge is 1.99. The lowest BCUT2D eigenvalue weighted by Crippen LogP contribution is -2.17. The molecule has 2 rings (SSSR count). The van der Waals surface area contributed by atoms with Crippen molar-refractivity contribution in [3.63, 3.8) is 0 Å². The highest BCUT2D eigenvalue weighted by Crippen LogP contribution is 2.09. The molecule has 118 valence electrons. The average molecular weight is 307 g/mol. The molecule has 2 aromatic carbocycles. The Morgan fingerprint density at radius 3 is 2.17 bits per heavy atom. The monoisotopic (exact) mass is 307 g/mol. The highest BCUT2D eigenvalue weighted by molar-refractivity contribution is 5.74. The van der Waals surface area contributed by atoms with Gasteiger partial charge in [0.25, 0.3) is 0 Å². The number of unbranched alkanes of at least 4 members (excludes halogenated alkanes) is 2. The van der Waals surface area contributed by atoms with Crippen LogP contribution >= 0.6 is 0 Å². The molecule has 3 nitrogen and oxygen atoms in total.